The van der Waals surface area contributed by atoms with Crippen molar-refractivity contribution in [3.05, 3.63) is 35.4 Å². The van der Waals surface area contributed by atoms with E-state index in [4.69, 9.17) is 5.11 Å². The van der Waals surface area contributed by atoms with Crippen LogP contribution in [0.25, 0.3) is 0 Å². The summed E-state index contributed by atoms with van der Waals surface area (Å²) in [5.74, 6) is -0.730. The van der Waals surface area contributed by atoms with Gasteiger partial charge >= 0.3 is 5.97 Å². The summed E-state index contributed by atoms with van der Waals surface area (Å²) >= 11 is 0. The van der Waals surface area contributed by atoms with E-state index in [2.05, 4.69) is 36.1 Å². The SMILES string of the molecule is Cc1ccccc1CCCN1CCCC(N(C)CC(=O)O)CC1. The van der Waals surface area contributed by atoms with E-state index in [1.54, 1.807) is 0 Å². The molecule has 0 amide bonds. The highest BCUT2D eigenvalue weighted by Gasteiger charge is 2.21. The van der Waals surface area contributed by atoms with E-state index in [0.717, 1.165) is 38.9 Å². The summed E-state index contributed by atoms with van der Waals surface area (Å²) in [6.07, 6.45) is 5.69. The Morgan fingerprint density at radius 1 is 1.30 bits per heavy atom. The molecule has 0 spiro atoms. The van der Waals surface area contributed by atoms with E-state index >= 15 is 0 Å². The molecule has 128 valence electrons. The molecule has 0 aliphatic carbocycles. The second kappa shape index (κ2) is 9.04. The summed E-state index contributed by atoms with van der Waals surface area (Å²) in [6.45, 7) is 5.71. The zero-order valence-electron chi connectivity index (χ0n) is 14.5. The highest BCUT2D eigenvalue weighted by molar-refractivity contribution is 5.69. The van der Waals surface area contributed by atoms with Crippen LogP contribution in [0.5, 0.6) is 0 Å². The average molecular weight is 318 g/mol. The molecule has 4 nitrogen and oxygen atoms in total. The van der Waals surface area contributed by atoms with Crippen molar-refractivity contribution in [1.82, 2.24) is 9.80 Å². The Balaban J connectivity index is 1.73. The van der Waals surface area contributed by atoms with Gasteiger partial charge in [-0.2, -0.15) is 0 Å². The highest BCUT2D eigenvalue weighted by atomic mass is 16.4. The van der Waals surface area contributed by atoms with Crippen molar-refractivity contribution in [1.29, 1.82) is 0 Å². The topological polar surface area (TPSA) is 43.8 Å². The summed E-state index contributed by atoms with van der Waals surface area (Å²) in [6, 6.07) is 9.05. The second-order valence-corrected chi connectivity index (χ2v) is 6.77. The van der Waals surface area contributed by atoms with E-state index in [0.29, 0.717) is 6.04 Å². The first-order valence-electron chi connectivity index (χ1n) is 8.75. The maximum atomic E-state index is 10.9. The Morgan fingerprint density at radius 2 is 2.09 bits per heavy atom. The minimum atomic E-state index is -0.730. The first kappa shape index (κ1) is 18.0. The summed E-state index contributed by atoms with van der Waals surface area (Å²) in [4.78, 5) is 15.4. The van der Waals surface area contributed by atoms with E-state index in [1.165, 1.54) is 24.0 Å². The first-order chi connectivity index (χ1) is 11.1. The van der Waals surface area contributed by atoms with Crippen molar-refractivity contribution in [2.75, 3.05) is 33.2 Å². The molecule has 1 unspecified atom stereocenters. The van der Waals surface area contributed by atoms with Gasteiger partial charge in [0, 0.05) is 6.04 Å². The van der Waals surface area contributed by atoms with Crippen LogP contribution in [0.3, 0.4) is 0 Å². The largest absolute Gasteiger partial charge is 0.480 e. The quantitative estimate of drug-likeness (QED) is 0.839. The molecule has 1 saturated heterocycles. The first-order valence-corrected chi connectivity index (χ1v) is 8.75. The Hall–Kier alpha value is -1.39. The highest BCUT2D eigenvalue weighted by Crippen LogP contribution is 2.17. The Morgan fingerprint density at radius 3 is 2.83 bits per heavy atom. The van der Waals surface area contributed by atoms with Crippen LogP contribution in [0.15, 0.2) is 24.3 Å². The van der Waals surface area contributed by atoms with Gasteiger partial charge in [-0.1, -0.05) is 24.3 Å². The number of likely N-dealkylation sites (N-methyl/N-ethyl adjacent to an activating group) is 1. The third-order valence-electron chi connectivity index (χ3n) is 4.98. The van der Waals surface area contributed by atoms with Crippen LogP contribution in [0.4, 0.5) is 0 Å². The van der Waals surface area contributed by atoms with Crippen LogP contribution in [0, 0.1) is 6.92 Å². The lowest BCUT2D eigenvalue weighted by Gasteiger charge is -2.25. The fourth-order valence-corrected chi connectivity index (χ4v) is 3.53. The molecule has 4 heteroatoms. The van der Waals surface area contributed by atoms with E-state index in [1.807, 2.05) is 11.9 Å². The molecule has 1 atom stereocenters. The number of carboxylic acid groups (broad SMARTS) is 1. The van der Waals surface area contributed by atoms with Crippen LogP contribution in [-0.2, 0) is 11.2 Å². The Bertz CT molecular complexity index is 504. The maximum Gasteiger partial charge on any atom is 0.317 e. The van der Waals surface area contributed by atoms with Crippen LogP contribution < -0.4 is 0 Å². The normalized spacial score (nSPS) is 19.7. The van der Waals surface area contributed by atoms with Gasteiger partial charge in [0.05, 0.1) is 6.54 Å². The van der Waals surface area contributed by atoms with Crippen molar-refractivity contribution in [3.8, 4) is 0 Å². The minimum Gasteiger partial charge on any atom is -0.480 e. The molecule has 1 aromatic rings. The van der Waals surface area contributed by atoms with Gasteiger partial charge in [-0.15, -0.1) is 0 Å². The van der Waals surface area contributed by atoms with Gasteiger partial charge in [-0.25, -0.2) is 0 Å². The molecule has 1 fully saturated rings. The fourth-order valence-electron chi connectivity index (χ4n) is 3.53. The fraction of sp³-hybridized carbons (Fsp3) is 0.632. The number of likely N-dealkylation sites (tertiary alicyclic amines) is 1. The molecule has 1 heterocycles. The van der Waals surface area contributed by atoms with E-state index < -0.39 is 5.97 Å². The monoisotopic (exact) mass is 318 g/mol. The van der Waals surface area contributed by atoms with Gasteiger partial charge in [-0.3, -0.25) is 9.69 Å². The summed E-state index contributed by atoms with van der Waals surface area (Å²) in [7, 11) is 1.94. The molecule has 23 heavy (non-hydrogen) atoms. The molecular weight excluding hydrogens is 288 g/mol. The summed E-state index contributed by atoms with van der Waals surface area (Å²) in [5, 5.41) is 8.93. The molecule has 1 N–H and O–H groups in total. The van der Waals surface area contributed by atoms with Crippen LogP contribution in [0.1, 0.15) is 36.8 Å². The van der Waals surface area contributed by atoms with Gasteiger partial charge in [0.25, 0.3) is 0 Å². The van der Waals surface area contributed by atoms with Crippen molar-refractivity contribution in [2.45, 2.75) is 45.1 Å². The van der Waals surface area contributed by atoms with Crippen molar-refractivity contribution in [2.24, 2.45) is 0 Å². The van der Waals surface area contributed by atoms with E-state index in [9.17, 15) is 4.79 Å². The Labute approximate surface area is 140 Å². The summed E-state index contributed by atoms with van der Waals surface area (Å²) < 4.78 is 0. The van der Waals surface area contributed by atoms with Crippen LogP contribution >= 0.6 is 0 Å². The minimum absolute atomic E-state index is 0.151. The zero-order chi connectivity index (χ0) is 16.7. The number of benzene rings is 1. The number of carboxylic acids is 1. The van der Waals surface area contributed by atoms with Crippen molar-refractivity contribution < 1.29 is 9.90 Å². The zero-order valence-corrected chi connectivity index (χ0v) is 14.5. The summed E-state index contributed by atoms with van der Waals surface area (Å²) in [5.41, 5.74) is 2.85. The maximum absolute atomic E-state index is 10.9. The number of aliphatic carboxylic acids is 1. The van der Waals surface area contributed by atoms with E-state index in [-0.39, 0.29) is 6.54 Å². The van der Waals surface area contributed by atoms with Gasteiger partial charge < -0.3 is 10.0 Å². The molecule has 1 aliphatic heterocycles. The lowest BCUT2D eigenvalue weighted by Crippen LogP contribution is -2.36. The van der Waals surface area contributed by atoms with Crippen LogP contribution in [-0.4, -0.2) is 60.1 Å². The molecular formula is C19H30N2O2. The predicted octanol–water partition coefficient (Wildman–Crippen LogP) is 2.80. The van der Waals surface area contributed by atoms with Gasteiger partial charge in [0.1, 0.15) is 0 Å². The Kier molecular flexibility index (Phi) is 7.06. The van der Waals surface area contributed by atoms with Crippen molar-refractivity contribution in [3.63, 3.8) is 0 Å². The smallest absolute Gasteiger partial charge is 0.317 e. The number of hydrogen-bond donors (Lipinski definition) is 1. The number of hydrogen-bond acceptors (Lipinski definition) is 3. The van der Waals surface area contributed by atoms with Crippen molar-refractivity contribution >= 4 is 5.97 Å². The number of carbonyl (C=O) groups is 1. The lowest BCUT2D eigenvalue weighted by atomic mass is 10.0. The molecule has 0 saturated carbocycles. The lowest BCUT2D eigenvalue weighted by molar-refractivity contribution is -0.138. The van der Waals surface area contributed by atoms with Gasteiger partial charge in [0.2, 0.25) is 0 Å². The molecule has 2 rings (SSSR count). The van der Waals surface area contributed by atoms with Gasteiger partial charge in [-0.05, 0) is 76.8 Å². The second-order valence-electron chi connectivity index (χ2n) is 6.77. The third-order valence-corrected chi connectivity index (χ3v) is 4.98. The molecule has 0 radical (unpaired) electrons. The molecule has 1 aliphatic rings. The molecule has 0 aromatic heterocycles. The average Bonchev–Trinajstić information content (AvgIpc) is 2.74. The third kappa shape index (κ3) is 5.96. The predicted molar refractivity (Wildman–Crippen MR) is 93.8 cm³/mol. The number of aryl methyl sites for hydroxylation is 2. The number of rotatable bonds is 7. The number of nitrogens with zero attached hydrogens (tertiary/aromatic N) is 2. The van der Waals surface area contributed by atoms with Crippen LogP contribution in [0.2, 0.25) is 0 Å². The molecule has 1 aromatic carbocycles. The molecule has 0 bridgehead atoms. The van der Waals surface area contributed by atoms with Gasteiger partial charge in [0.15, 0.2) is 0 Å². The standard InChI is InChI=1S/C19H30N2O2/c1-16-7-3-4-8-17(16)9-5-12-21-13-6-10-18(11-14-21)20(2)15-19(22)23/h3-4,7-8,18H,5-6,9-15H2,1-2H3,(H,22,23).